The lowest BCUT2D eigenvalue weighted by atomic mass is 9.89. The summed E-state index contributed by atoms with van der Waals surface area (Å²) in [6.07, 6.45) is 2.06. The third-order valence-electron chi connectivity index (χ3n) is 5.83. The number of amides is 1. The third-order valence-corrected chi connectivity index (χ3v) is 6.33. The van der Waals surface area contributed by atoms with Gasteiger partial charge in [0, 0.05) is 15.4 Å². The van der Waals surface area contributed by atoms with Crippen molar-refractivity contribution in [1.29, 1.82) is 0 Å². The van der Waals surface area contributed by atoms with E-state index in [0.29, 0.717) is 34.0 Å². The number of ether oxygens (including phenoxy) is 1. The van der Waals surface area contributed by atoms with Gasteiger partial charge in [-0.25, -0.2) is 9.18 Å². The van der Waals surface area contributed by atoms with Crippen LogP contribution in [0.2, 0.25) is 0 Å². The maximum Gasteiger partial charge on any atom is 0.329 e. The first-order chi connectivity index (χ1) is 15.8. The molecule has 0 saturated carbocycles. The Bertz CT molecular complexity index is 1170. The molecule has 5 nitrogen and oxygen atoms in total. The largest absolute Gasteiger partial charge is 0.487 e. The van der Waals surface area contributed by atoms with Gasteiger partial charge in [0.1, 0.15) is 23.7 Å². The molecule has 2 N–H and O–H groups in total. The standard InChI is InChI=1S/C26H27BrFNO4/c1-3-5-14-26(4-2,25(31)32)29-24(30)21-13-11-17-8-6-7-9-20(17)23(21)33-16-18-10-12-19(27)15-22(18)28/h6-13,15H,3-5,14,16H2,1-2H3,(H,29,30)(H,31,32). The molecule has 0 aliphatic rings. The van der Waals surface area contributed by atoms with Crippen LogP contribution in [0, 0.1) is 5.82 Å². The molecule has 0 aromatic heterocycles. The number of halogens is 2. The van der Waals surface area contributed by atoms with Gasteiger partial charge in [-0.3, -0.25) is 4.79 Å². The lowest BCUT2D eigenvalue weighted by Gasteiger charge is -2.30. The fourth-order valence-electron chi connectivity index (χ4n) is 3.77. The normalized spacial score (nSPS) is 12.8. The highest BCUT2D eigenvalue weighted by molar-refractivity contribution is 9.10. The summed E-state index contributed by atoms with van der Waals surface area (Å²) in [5, 5.41) is 14.2. The van der Waals surface area contributed by atoms with Crippen molar-refractivity contribution in [3.8, 4) is 5.75 Å². The van der Waals surface area contributed by atoms with Gasteiger partial charge < -0.3 is 15.2 Å². The number of carbonyl (C=O) groups is 2. The van der Waals surface area contributed by atoms with E-state index >= 15 is 0 Å². The number of unbranched alkanes of at least 4 members (excludes halogenated alkanes) is 1. The molecule has 3 rings (SSSR count). The zero-order valence-corrected chi connectivity index (χ0v) is 20.2. The summed E-state index contributed by atoms with van der Waals surface area (Å²) in [5.41, 5.74) is -0.816. The molecule has 1 unspecified atom stereocenters. The zero-order valence-electron chi connectivity index (χ0n) is 18.7. The van der Waals surface area contributed by atoms with E-state index in [9.17, 15) is 19.1 Å². The van der Waals surface area contributed by atoms with E-state index in [4.69, 9.17) is 4.74 Å². The second kappa shape index (κ2) is 10.8. The molecule has 0 aliphatic carbocycles. The molecule has 3 aromatic carbocycles. The molecule has 1 atom stereocenters. The van der Waals surface area contributed by atoms with Crippen molar-refractivity contribution >= 4 is 38.6 Å². The second-order valence-corrected chi connectivity index (χ2v) is 8.90. The summed E-state index contributed by atoms with van der Waals surface area (Å²) in [6, 6.07) is 15.5. The van der Waals surface area contributed by atoms with Crippen LogP contribution in [0.3, 0.4) is 0 Å². The highest BCUT2D eigenvalue weighted by Gasteiger charge is 2.38. The van der Waals surface area contributed by atoms with E-state index in [2.05, 4.69) is 21.2 Å². The number of rotatable bonds is 10. The first-order valence-electron chi connectivity index (χ1n) is 11.0. The molecule has 0 bridgehead atoms. The summed E-state index contributed by atoms with van der Waals surface area (Å²) in [6.45, 7) is 3.64. The Morgan fingerprint density at radius 1 is 1.12 bits per heavy atom. The van der Waals surface area contributed by atoms with E-state index in [-0.39, 0.29) is 18.6 Å². The highest BCUT2D eigenvalue weighted by atomic mass is 79.9. The van der Waals surface area contributed by atoms with Gasteiger partial charge in [-0.2, -0.15) is 0 Å². The lowest BCUT2D eigenvalue weighted by molar-refractivity contribution is -0.145. The minimum atomic E-state index is -1.37. The minimum Gasteiger partial charge on any atom is -0.487 e. The average Bonchev–Trinajstić information content (AvgIpc) is 2.80. The summed E-state index contributed by atoms with van der Waals surface area (Å²) in [7, 11) is 0. The summed E-state index contributed by atoms with van der Waals surface area (Å²) < 4.78 is 21.0. The number of nitrogens with one attached hydrogen (secondary N) is 1. The van der Waals surface area contributed by atoms with Crippen molar-refractivity contribution in [3.63, 3.8) is 0 Å². The van der Waals surface area contributed by atoms with Crippen LogP contribution in [-0.4, -0.2) is 22.5 Å². The van der Waals surface area contributed by atoms with Gasteiger partial charge in [0.15, 0.2) is 0 Å². The van der Waals surface area contributed by atoms with Crippen LogP contribution in [0.15, 0.2) is 59.1 Å². The molecule has 0 saturated heterocycles. The smallest absolute Gasteiger partial charge is 0.329 e. The second-order valence-electron chi connectivity index (χ2n) is 7.99. The molecular weight excluding hydrogens is 489 g/mol. The quantitative estimate of drug-likeness (QED) is 0.324. The van der Waals surface area contributed by atoms with Gasteiger partial charge in [-0.05, 0) is 36.4 Å². The molecule has 0 radical (unpaired) electrons. The average molecular weight is 516 g/mol. The molecule has 174 valence electrons. The molecule has 0 heterocycles. The third kappa shape index (κ3) is 5.53. The number of carboxylic acids is 1. The van der Waals surface area contributed by atoms with Gasteiger partial charge >= 0.3 is 5.97 Å². The van der Waals surface area contributed by atoms with Gasteiger partial charge in [-0.15, -0.1) is 0 Å². The van der Waals surface area contributed by atoms with Crippen molar-refractivity contribution in [3.05, 3.63) is 76.0 Å². The number of aliphatic carboxylic acids is 1. The summed E-state index contributed by atoms with van der Waals surface area (Å²) >= 11 is 3.24. The number of carbonyl (C=O) groups excluding carboxylic acids is 1. The van der Waals surface area contributed by atoms with Crippen LogP contribution < -0.4 is 10.1 Å². The zero-order chi connectivity index (χ0) is 24.0. The summed E-state index contributed by atoms with van der Waals surface area (Å²) in [4.78, 5) is 25.4. The van der Waals surface area contributed by atoms with Gasteiger partial charge in [-0.1, -0.05) is 79.0 Å². The van der Waals surface area contributed by atoms with Crippen LogP contribution >= 0.6 is 15.9 Å². The molecule has 0 aliphatic heterocycles. The Morgan fingerprint density at radius 2 is 1.88 bits per heavy atom. The van der Waals surface area contributed by atoms with Crippen LogP contribution in [0.4, 0.5) is 4.39 Å². The van der Waals surface area contributed by atoms with Crippen molar-refractivity contribution < 1.29 is 23.8 Å². The van der Waals surface area contributed by atoms with E-state index < -0.39 is 23.2 Å². The van der Waals surface area contributed by atoms with E-state index in [1.54, 1.807) is 31.2 Å². The predicted octanol–water partition coefficient (Wildman–Crippen LogP) is 6.47. The van der Waals surface area contributed by atoms with Crippen molar-refractivity contribution in [2.24, 2.45) is 0 Å². The van der Waals surface area contributed by atoms with Crippen molar-refractivity contribution in [1.82, 2.24) is 5.32 Å². The molecule has 1 amide bonds. The fraction of sp³-hybridized carbons (Fsp3) is 0.308. The fourth-order valence-corrected chi connectivity index (χ4v) is 4.10. The number of fused-ring (bicyclic) bond motifs is 1. The SMILES string of the molecule is CCCCC(CC)(NC(=O)c1ccc2ccccc2c1OCc1ccc(Br)cc1F)C(=O)O. The summed E-state index contributed by atoms with van der Waals surface area (Å²) in [5.74, 6) is -1.73. The number of hydrogen-bond donors (Lipinski definition) is 2. The maximum atomic E-state index is 14.3. The van der Waals surface area contributed by atoms with Crippen LogP contribution in [-0.2, 0) is 11.4 Å². The van der Waals surface area contributed by atoms with E-state index in [1.807, 2.05) is 31.2 Å². The molecular formula is C26H27BrFNO4. The molecule has 33 heavy (non-hydrogen) atoms. The first kappa shape index (κ1) is 24.7. The van der Waals surface area contributed by atoms with E-state index in [1.165, 1.54) is 6.07 Å². The van der Waals surface area contributed by atoms with Crippen molar-refractivity contribution in [2.45, 2.75) is 51.7 Å². The highest BCUT2D eigenvalue weighted by Crippen LogP contribution is 2.32. The van der Waals surface area contributed by atoms with Gasteiger partial charge in [0.2, 0.25) is 0 Å². The molecule has 3 aromatic rings. The van der Waals surface area contributed by atoms with Crippen molar-refractivity contribution in [2.75, 3.05) is 0 Å². The Balaban J connectivity index is 1.99. The predicted molar refractivity (Wildman–Crippen MR) is 130 cm³/mol. The number of benzene rings is 3. The minimum absolute atomic E-state index is 0.0823. The van der Waals surface area contributed by atoms with E-state index in [0.717, 1.165) is 11.8 Å². The molecule has 0 spiro atoms. The lowest BCUT2D eigenvalue weighted by Crippen LogP contribution is -2.54. The monoisotopic (exact) mass is 515 g/mol. The van der Waals surface area contributed by atoms with Crippen LogP contribution in [0.1, 0.15) is 55.5 Å². The number of hydrogen-bond acceptors (Lipinski definition) is 3. The first-order valence-corrected chi connectivity index (χ1v) is 11.7. The molecule has 0 fully saturated rings. The van der Waals surface area contributed by atoms with Gasteiger partial charge in [0.25, 0.3) is 5.91 Å². The topological polar surface area (TPSA) is 75.6 Å². The Kier molecular flexibility index (Phi) is 8.08. The Morgan fingerprint density at radius 3 is 2.55 bits per heavy atom. The van der Waals surface area contributed by atoms with Gasteiger partial charge in [0.05, 0.1) is 5.56 Å². The van der Waals surface area contributed by atoms with Crippen LogP contribution in [0.25, 0.3) is 10.8 Å². The maximum absolute atomic E-state index is 14.3. The Labute approximate surface area is 201 Å². The number of carboxylic acid groups (broad SMARTS) is 1. The van der Waals surface area contributed by atoms with Crippen LogP contribution in [0.5, 0.6) is 5.75 Å². The molecule has 7 heteroatoms. The Hall–Kier alpha value is -2.93.